The zero-order valence-corrected chi connectivity index (χ0v) is 18.2. The molecule has 5 heteroatoms. The van der Waals surface area contributed by atoms with Gasteiger partial charge in [-0.1, -0.05) is 48.0 Å². The van der Waals surface area contributed by atoms with Gasteiger partial charge < -0.3 is 20.5 Å². The molecule has 1 aliphatic carbocycles. The first-order valence-corrected chi connectivity index (χ1v) is 10.9. The Hall–Kier alpha value is -3.73. The Morgan fingerprint density at radius 2 is 1.66 bits per heavy atom. The molecule has 2 atom stereocenters. The van der Waals surface area contributed by atoms with Crippen molar-refractivity contribution in [1.29, 1.82) is 0 Å². The third-order valence-corrected chi connectivity index (χ3v) is 6.39. The van der Waals surface area contributed by atoms with Crippen LogP contribution in [0, 0.1) is 6.92 Å². The van der Waals surface area contributed by atoms with Crippen molar-refractivity contribution in [2.75, 3.05) is 17.7 Å². The number of rotatable bonds is 3. The number of phenols is 1. The molecule has 3 N–H and O–H groups in total. The van der Waals surface area contributed by atoms with Gasteiger partial charge in [0.1, 0.15) is 0 Å². The molecule has 2 aliphatic rings. The van der Waals surface area contributed by atoms with Crippen LogP contribution in [0.2, 0.25) is 0 Å². The Bertz CT molecular complexity index is 1210. The van der Waals surface area contributed by atoms with Gasteiger partial charge in [-0.2, -0.15) is 0 Å². The summed E-state index contributed by atoms with van der Waals surface area (Å²) in [7, 11) is 1.52. The van der Waals surface area contributed by atoms with E-state index in [0.717, 1.165) is 34.6 Å². The minimum atomic E-state index is -0.371. The second-order valence-corrected chi connectivity index (χ2v) is 8.51. The summed E-state index contributed by atoms with van der Waals surface area (Å²) in [6.45, 7) is 2.07. The van der Waals surface area contributed by atoms with E-state index in [4.69, 9.17) is 4.74 Å². The Morgan fingerprint density at radius 1 is 0.938 bits per heavy atom. The standard InChI is InChI=1S/C27H26N2O3/c1-16-7-9-17(10-8-16)19-13-22-26(24(31)15-19)27(18-11-12-25(32-2)23(30)14-18)29-21-6-4-3-5-20(21)28-22/h3-12,14,19,27-30H,13,15H2,1-2H3/t19-,27-/m1/s1. The summed E-state index contributed by atoms with van der Waals surface area (Å²) in [4.78, 5) is 13.5. The van der Waals surface area contributed by atoms with E-state index in [-0.39, 0.29) is 23.5 Å². The highest BCUT2D eigenvalue weighted by atomic mass is 16.5. The number of aromatic hydroxyl groups is 1. The zero-order chi connectivity index (χ0) is 22.2. The number of anilines is 2. The van der Waals surface area contributed by atoms with Gasteiger partial charge in [-0.3, -0.25) is 4.79 Å². The van der Waals surface area contributed by atoms with E-state index in [9.17, 15) is 9.90 Å². The van der Waals surface area contributed by atoms with Gasteiger partial charge in [-0.25, -0.2) is 0 Å². The lowest BCUT2D eigenvalue weighted by Gasteiger charge is -2.30. The summed E-state index contributed by atoms with van der Waals surface area (Å²) in [5, 5.41) is 17.5. The molecule has 0 unspecified atom stereocenters. The fourth-order valence-corrected chi connectivity index (χ4v) is 4.70. The van der Waals surface area contributed by atoms with E-state index in [2.05, 4.69) is 41.8 Å². The molecule has 0 fully saturated rings. The molecule has 0 saturated heterocycles. The molecule has 3 aromatic rings. The van der Waals surface area contributed by atoms with Gasteiger partial charge in [0.05, 0.1) is 24.5 Å². The van der Waals surface area contributed by atoms with Crippen molar-refractivity contribution in [2.45, 2.75) is 31.7 Å². The molecule has 5 rings (SSSR count). The number of carbonyl (C=O) groups excluding carboxylic acids is 1. The normalized spacial score (nSPS) is 19.9. The van der Waals surface area contributed by atoms with Gasteiger partial charge in [0.2, 0.25) is 0 Å². The maximum atomic E-state index is 13.5. The summed E-state index contributed by atoms with van der Waals surface area (Å²) >= 11 is 0. The lowest BCUT2D eigenvalue weighted by atomic mass is 9.78. The van der Waals surface area contributed by atoms with Crippen molar-refractivity contribution in [3.05, 3.63) is 94.7 Å². The van der Waals surface area contributed by atoms with Crippen LogP contribution >= 0.6 is 0 Å². The largest absolute Gasteiger partial charge is 0.504 e. The lowest BCUT2D eigenvalue weighted by molar-refractivity contribution is -0.116. The molecular weight excluding hydrogens is 400 g/mol. The van der Waals surface area contributed by atoms with E-state index in [0.29, 0.717) is 12.2 Å². The molecular formula is C27H26N2O3. The SMILES string of the molecule is COc1ccc([C@H]2Nc3ccccc3NC3=C2C(=O)C[C@H](c2ccc(C)cc2)C3)cc1O. The fourth-order valence-electron chi connectivity index (χ4n) is 4.70. The van der Waals surface area contributed by atoms with E-state index in [1.807, 2.05) is 30.3 Å². The number of Topliss-reactive ketones (excluding diaryl/α,β-unsaturated/α-hetero) is 1. The third-order valence-electron chi connectivity index (χ3n) is 6.39. The summed E-state index contributed by atoms with van der Waals surface area (Å²) < 4.78 is 5.21. The number of nitrogens with one attached hydrogen (secondary N) is 2. The van der Waals surface area contributed by atoms with Crippen LogP contribution in [0.4, 0.5) is 11.4 Å². The van der Waals surface area contributed by atoms with Gasteiger partial charge in [0.25, 0.3) is 0 Å². The zero-order valence-electron chi connectivity index (χ0n) is 18.2. The number of aryl methyl sites for hydroxylation is 1. The van der Waals surface area contributed by atoms with Crippen LogP contribution in [0.3, 0.4) is 0 Å². The summed E-state index contributed by atoms with van der Waals surface area (Å²) in [6, 6.07) is 21.4. The quantitative estimate of drug-likeness (QED) is 0.502. The number of hydrogen-bond donors (Lipinski definition) is 3. The molecule has 3 aromatic carbocycles. The molecule has 0 saturated carbocycles. The van der Waals surface area contributed by atoms with Crippen LogP contribution in [0.5, 0.6) is 11.5 Å². The maximum Gasteiger partial charge on any atom is 0.163 e. The Balaban J connectivity index is 1.60. The smallest absolute Gasteiger partial charge is 0.163 e. The van der Waals surface area contributed by atoms with Gasteiger partial charge in [-0.15, -0.1) is 0 Å². The Labute approximate surface area is 187 Å². The monoisotopic (exact) mass is 426 g/mol. The lowest BCUT2D eigenvalue weighted by Crippen LogP contribution is -2.26. The predicted molar refractivity (Wildman–Crippen MR) is 126 cm³/mol. The molecule has 0 radical (unpaired) electrons. The van der Waals surface area contributed by atoms with Gasteiger partial charge >= 0.3 is 0 Å². The van der Waals surface area contributed by atoms with Crippen molar-refractivity contribution in [3.8, 4) is 11.5 Å². The van der Waals surface area contributed by atoms with Crippen LogP contribution in [0.1, 0.15) is 41.5 Å². The van der Waals surface area contributed by atoms with Crippen molar-refractivity contribution >= 4 is 17.2 Å². The molecule has 32 heavy (non-hydrogen) atoms. The molecule has 0 aromatic heterocycles. The van der Waals surface area contributed by atoms with Crippen LogP contribution in [0.15, 0.2) is 78.0 Å². The van der Waals surface area contributed by atoms with Gasteiger partial charge in [0, 0.05) is 17.7 Å². The first-order valence-electron chi connectivity index (χ1n) is 10.9. The van der Waals surface area contributed by atoms with Crippen LogP contribution in [0.25, 0.3) is 0 Å². The fraction of sp³-hybridized carbons (Fsp3) is 0.222. The number of phenolic OH excluding ortho intramolecular Hbond substituents is 1. The molecule has 1 heterocycles. The number of fused-ring (bicyclic) bond motifs is 1. The first-order chi connectivity index (χ1) is 15.5. The highest BCUT2D eigenvalue weighted by Crippen LogP contribution is 2.45. The average Bonchev–Trinajstić information content (AvgIpc) is 2.96. The molecule has 0 bridgehead atoms. The van der Waals surface area contributed by atoms with Crippen molar-refractivity contribution in [3.63, 3.8) is 0 Å². The van der Waals surface area contributed by atoms with E-state index >= 15 is 0 Å². The minimum absolute atomic E-state index is 0.0558. The van der Waals surface area contributed by atoms with Crippen LogP contribution in [-0.2, 0) is 4.79 Å². The summed E-state index contributed by atoms with van der Waals surface area (Å²) in [5.74, 6) is 0.708. The topological polar surface area (TPSA) is 70.6 Å². The number of carbonyl (C=O) groups is 1. The third kappa shape index (κ3) is 3.60. The number of para-hydroxylation sites is 2. The second-order valence-electron chi connectivity index (χ2n) is 8.51. The van der Waals surface area contributed by atoms with Crippen LogP contribution < -0.4 is 15.4 Å². The Kier molecular flexibility index (Phi) is 5.10. The highest BCUT2D eigenvalue weighted by molar-refractivity contribution is 6.01. The second kappa shape index (κ2) is 8.08. The summed E-state index contributed by atoms with van der Waals surface area (Å²) in [5.41, 5.74) is 6.73. The van der Waals surface area contributed by atoms with E-state index < -0.39 is 0 Å². The molecule has 0 amide bonds. The number of ether oxygens (including phenoxy) is 1. The van der Waals surface area contributed by atoms with Crippen molar-refractivity contribution in [1.82, 2.24) is 0 Å². The molecule has 0 spiro atoms. The minimum Gasteiger partial charge on any atom is -0.504 e. The number of methoxy groups -OCH3 is 1. The molecule has 5 nitrogen and oxygen atoms in total. The summed E-state index contributed by atoms with van der Waals surface area (Å²) in [6.07, 6.45) is 1.21. The van der Waals surface area contributed by atoms with Gasteiger partial charge in [-0.05, 0) is 54.7 Å². The van der Waals surface area contributed by atoms with Crippen LogP contribution in [-0.4, -0.2) is 18.0 Å². The predicted octanol–water partition coefficient (Wildman–Crippen LogP) is 5.69. The first kappa shape index (κ1) is 20.2. The highest BCUT2D eigenvalue weighted by Gasteiger charge is 2.36. The van der Waals surface area contributed by atoms with Gasteiger partial charge in [0.15, 0.2) is 17.3 Å². The molecule has 162 valence electrons. The van der Waals surface area contributed by atoms with Crippen molar-refractivity contribution < 1.29 is 14.6 Å². The maximum absolute atomic E-state index is 13.5. The average molecular weight is 427 g/mol. The van der Waals surface area contributed by atoms with Crippen molar-refractivity contribution in [2.24, 2.45) is 0 Å². The molecule has 1 aliphatic heterocycles. The number of ketones is 1. The number of benzene rings is 3. The number of hydrogen-bond acceptors (Lipinski definition) is 5. The van der Waals surface area contributed by atoms with E-state index in [1.165, 1.54) is 18.2 Å². The number of allylic oxidation sites excluding steroid dienone is 1. The van der Waals surface area contributed by atoms with E-state index in [1.54, 1.807) is 12.1 Å². The Morgan fingerprint density at radius 3 is 2.38 bits per heavy atom.